The highest BCUT2D eigenvalue weighted by atomic mass is 35.5. The Hall–Kier alpha value is -2.01. The van der Waals surface area contributed by atoms with Gasteiger partial charge in [-0.3, -0.25) is 10.1 Å². The molecule has 0 fully saturated rings. The molecular weight excluding hydrogens is 264 g/mol. The molecule has 2 aromatic rings. The predicted molar refractivity (Wildman–Crippen MR) is 63.5 cm³/mol. The monoisotopic (exact) mass is 269 g/mol. The Morgan fingerprint density at radius 3 is 2.44 bits per heavy atom. The molecule has 0 N–H and O–H groups in total. The van der Waals surface area contributed by atoms with E-state index in [4.69, 9.17) is 11.6 Å². The molecule has 0 atom stereocenters. The maximum absolute atomic E-state index is 13.6. The molecule has 0 saturated carbocycles. The average molecular weight is 270 g/mol. The largest absolute Gasteiger partial charge is 0.277 e. The van der Waals surface area contributed by atoms with Crippen molar-refractivity contribution in [2.24, 2.45) is 0 Å². The highest BCUT2D eigenvalue weighted by molar-refractivity contribution is 6.30. The van der Waals surface area contributed by atoms with Gasteiger partial charge in [-0.1, -0.05) is 11.6 Å². The maximum Gasteiger partial charge on any atom is 0.277 e. The molecule has 18 heavy (non-hydrogen) atoms. The summed E-state index contributed by atoms with van der Waals surface area (Å²) in [5.41, 5.74) is -0.619. The summed E-state index contributed by atoms with van der Waals surface area (Å²) in [5.74, 6) is -1.39. The highest BCUT2D eigenvalue weighted by Crippen LogP contribution is 2.33. The van der Waals surface area contributed by atoms with Gasteiger partial charge in [-0.05, 0) is 30.3 Å². The van der Waals surface area contributed by atoms with Gasteiger partial charge in [0.15, 0.2) is 0 Å². The Morgan fingerprint density at radius 2 is 1.78 bits per heavy atom. The average Bonchev–Trinajstić information content (AvgIpc) is 2.31. The van der Waals surface area contributed by atoms with Crippen molar-refractivity contribution in [2.75, 3.05) is 0 Å². The molecule has 2 aromatic carbocycles. The molecule has 0 amide bonds. The zero-order chi connectivity index (χ0) is 13.3. The van der Waals surface area contributed by atoms with Crippen molar-refractivity contribution in [2.45, 2.75) is 0 Å². The minimum absolute atomic E-state index is 0.103. The molecule has 0 aliphatic heterocycles. The van der Waals surface area contributed by atoms with Crippen LogP contribution in [0.25, 0.3) is 11.1 Å². The van der Waals surface area contributed by atoms with E-state index in [2.05, 4.69) is 0 Å². The molecule has 2 rings (SSSR count). The summed E-state index contributed by atoms with van der Waals surface area (Å²) >= 11 is 5.71. The molecule has 0 heterocycles. The molecule has 6 heteroatoms. The zero-order valence-corrected chi connectivity index (χ0v) is 9.62. The third kappa shape index (κ3) is 2.31. The first kappa shape index (κ1) is 12.4. The van der Waals surface area contributed by atoms with Crippen LogP contribution in [0, 0.1) is 21.7 Å². The first-order valence-corrected chi connectivity index (χ1v) is 5.26. The van der Waals surface area contributed by atoms with Gasteiger partial charge in [0.25, 0.3) is 5.69 Å². The number of nitrogens with zero attached hydrogens (tertiary/aromatic N) is 1. The molecule has 0 aliphatic carbocycles. The fourth-order valence-corrected chi connectivity index (χ4v) is 1.76. The number of hydrogen-bond donors (Lipinski definition) is 0. The van der Waals surface area contributed by atoms with Crippen LogP contribution in [0.5, 0.6) is 0 Å². The second-order valence-corrected chi connectivity index (χ2v) is 3.98. The smallest absolute Gasteiger partial charge is 0.258 e. The first-order chi connectivity index (χ1) is 8.49. The minimum Gasteiger partial charge on any atom is -0.258 e. The van der Waals surface area contributed by atoms with E-state index in [-0.39, 0.29) is 21.8 Å². The van der Waals surface area contributed by atoms with Gasteiger partial charge in [-0.2, -0.15) is 0 Å². The molecule has 0 bridgehead atoms. The molecule has 0 saturated heterocycles. The summed E-state index contributed by atoms with van der Waals surface area (Å²) < 4.78 is 26.8. The third-order valence-electron chi connectivity index (χ3n) is 2.37. The topological polar surface area (TPSA) is 43.1 Å². The molecule has 92 valence electrons. The SMILES string of the molecule is O=[N+]([O-])c1ccc(F)cc1-c1cc(Cl)ccc1F. The minimum atomic E-state index is -0.701. The van der Waals surface area contributed by atoms with Crippen LogP contribution < -0.4 is 0 Å². The number of hydrogen-bond acceptors (Lipinski definition) is 2. The zero-order valence-electron chi connectivity index (χ0n) is 8.86. The van der Waals surface area contributed by atoms with Crippen LogP contribution >= 0.6 is 11.6 Å². The summed E-state index contributed by atoms with van der Waals surface area (Å²) in [4.78, 5) is 10.1. The van der Waals surface area contributed by atoms with Crippen LogP contribution in [-0.4, -0.2) is 4.92 Å². The van der Waals surface area contributed by atoms with E-state index >= 15 is 0 Å². The van der Waals surface area contributed by atoms with Gasteiger partial charge < -0.3 is 0 Å². The van der Waals surface area contributed by atoms with Gasteiger partial charge in [0, 0.05) is 16.7 Å². The Kier molecular flexibility index (Phi) is 3.25. The second-order valence-electron chi connectivity index (χ2n) is 3.54. The number of benzene rings is 2. The Morgan fingerprint density at radius 1 is 1.06 bits per heavy atom. The maximum atomic E-state index is 13.6. The number of nitro groups is 1. The van der Waals surface area contributed by atoms with Crippen molar-refractivity contribution in [3.63, 3.8) is 0 Å². The number of nitro benzene ring substituents is 1. The van der Waals surface area contributed by atoms with Crippen LogP contribution in [0.2, 0.25) is 5.02 Å². The van der Waals surface area contributed by atoms with Gasteiger partial charge >= 0.3 is 0 Å². The highest BCUT2D eigenvalue weighted by Gasteiger charge is 2.19. The third-order valence-corrected chi connectivity index (χ3v) is 2.61. The van der Waals surface area contributed by atoms with E-state index in [0.717, 1.165) is 24.3 Å². The van der Waals surface area contributed by atoms with Gasteiger partial charge in [0.1, 0.15) is 11.6 Å². The van der Waals surface area contributed by atoms with Gasteiger partial charge in [-0.15, -0.1) is 0 Å². The summed E-state index contributed by atoms with van der Waals surface area (Å²) in [7, 11) is 0. The summed E-state index contributed by atoms with van der Waals surface area (Å²) in [6.07, 6.45) is 0. The molecule has 0 spiro atoms. The van der Waals surface area contributed by atoms with Crippen molar-refractivity contribution >= 4 is 17.3 Å². The molecule has 0 aliphatic rings. The lowest BCUT2D eigenvalue weighted by molar-refractivity contribution is -0.384. The Bertz CT molecular complexity index is 631. The van der Waals surface area contributed by atoms with Crippen molar-refractivity contribution in [1.29, 1.82) is 0 Å². The summed E-state index contributed by atoms with van der Waals surface area (Å²) in [6, 6.07) is 6.46. The van der Waals surface area contributed by atoms with Gasteiger partial charge in [0.05, 0.1) is 10.5 Å². The van der Waals surface area contributed by atoms with E-state index < -0.39 is 16.6 Å². The molecule has 3 nitrogen and oxygen atoms in total. The van der Waals surface area contributed by atoms with Crippen LogP contribution in [0.15, 0.2) is 36.4 Å². The van der Waals surface area contributed by atoms with Crippen LogP contribution in [0.4, 0.5) is 14.5 Å². The molecule has 0 unspecified atom stereocenters. The lowest BCUT2D eigenvalue weighted by atomic mass is 10.0. The molecular formula is C12H6ClF2NO2. The van der Waals surface area contributed by atoms with Gasteiger partial charge in [0.2, 0.25) is 0 Å². The predicted octanol–water partition coefficient (Wildman–Crippen LogP) is 4.19. The van der Waals surface area contributed by atoms with E-state index in [1.807, 2.05) is 0 Å². The lowest BCUT2D eigenvalue weighted by Gasteiger charge is -2.05. The lowest BCUT2D eigenvalue weighted by Crippen LogP contribution is -1.94. The fraction of sp³-hybridized carbons (Fsp3) is 0. The van der Waals surface area contributed by atoms with Crippen molar-refractivity contribution in [3.8, 4) is 11.1 Å². The number of halogens is 3. The first-order valence-electron chi connectivity index (χ1n) is 4.88. The van der Waals surface area contributed by atoms with E-state index in [1.54, 1.807) is 0 Å². The van der Waals surface area contributed by atoms with Gasteiger partial charge in [-0.25, -0.2) is 8.78 Å². The Balaban J connectivity index is 2.73. The van der Waals surface area contributed by atoms with E-state index in [0.29, 0.717) is 0 Å². The van der Waals surface area contributed by atoms with E-state index in [9.17, 15) is 18.9 Å². The second kappa shape index (κ2) is 4.70. The Labute approximate surface area is 106 Å². The van der Waals surface area contributed by atoms with Crippen molar-refractivity contribution in [3.05, 3.63) is 63.2 Å². The van der Waals surface area contributed by atoms with Crippen LogP contribution in [-0.2, 0) is 0 Å². The van der Waals surface area contributed by atoms with Crippen molar-refractivity contribution < 1.29 is 13.7 Å². The normalized spacial score (nSPS) is 10.4. The number of rotatable bonds is 2. The standard InChI is InChI=1S/C12H6ClF2NO2/c13-7-1-3-11(15)9(5-7)10-6-8(14)2-4-12(10)16(17)18/h1-6H. The van der Waals surface area contributed by atoms with Crippen molar-refractivity contribution in [1.82, 2.24) is 0 Å². The fourth-order valence-electron chi connectivity index (χ4n) is 1.59. The molecule has 0 aromatic heterocycles. The quantitative estimate of drug-likeness (QED) is 0.606. The summed E-state index contributed by atoms with van der Waals surface area (Å²) in [5, 5.41) is 11.0. The molecule has 0 radical (unpaired) electrons. The van der Waals surface area contributed by atoms with Crippen LogP contribution in [0.1, 0.15) is 0 Å². The summed E-state index contributed by atoms with van der Waals surface area (Å²) in [6.45, 7) is 0. The van der Waals surface area contributed by atoms with E-state index in [1.165, 1.54) is 12.1 Å². The van der Waals surface area contributed by atoms with Crippen LogP contribution in [0.3, 0.4) is 0 Å².